The summed E-state index contributed by atoms with van der Waals surface area (Å²) in [6, 6.07) is 18.7. The van der Waals surface area contributed by atoms with Gasteiger partial charge in [-0.1, -0.05) is 67.5 Å². The average molecular weight is 838 g/mol. The lowest BCUT2D eigenvalue weighted by Crippen LogP contribution is -2.39. The Hall–Kier alpha value is -2.74. The average Bonchev–Trinajstić information content (AvgIpc) is 3.27. The van der Waals surface area contributed by atoms with Crippen LogP contribution < -0.4 is 24.4 Å². The third-order valence-electron chi connectivity index (χ3n) is 6.63. The van der Waals surface area contributed by atoms with E-state index in [9.17, 15) is 9.59 Å². The molecular weight excluding hydrogens is 811 g/mol. The molecule has 0 saturated heterocycles. The van der Waals surface area contributed by atoms with E-state index >= 15 is 0 Å². The van der Waals surface area contributed by atoms with Crippen LogP contribution in [-0.2, 0) is 16.1 Å². The highest BCUT2D eigenvalue weighted by Gasteiger charge is 2.33. The molecule has 0 saturated carbocycles. The first-order valence-corrected chi connectivity index (χ1v) is 17.0. The Morgan fingerprint density at radius 1 is 1.02 bits per heavy atom. The molecule has 1 aromatic heterocycles. The van der Waals surface area contributed by atoms with Crippen molar-refractivity contribution >= 4 is 77.8 Å². The molecule has 4 aromatic rings. The van der Waals surface area contributed by atoms with Gasteiger partial charge in [0, 0.05) is 8.95 Å². The molecule has 0 unspecified atom stereocenters. The van der Waals surface area contributed by atoms with E-state index in [2.05, 4.69) is 59.4 Å². The Morgan fingerprint density at radius 3 is 2.35 bits per heavy atom. The normalized spacial score (nSPS) is 14.7. The largest absolute Gasteiger partial charge is 0.490 e. The summed E-state index contributed by atoms with van der Waals surface area (Å²) in [6.45, 7) is 6.52. The zero-order valence-corrected chi connectivity index (χ0v) is 29.7. The minimum atomic E-state index is -0.668. The van der Waals surface area contributed by atoms with Gasteiger partial charge in [0.25, 0.3) is 5.56 Å². The molecule has 3 aromatic carbocycles. The number of thiazole rings is 1. The summed E-state index contributed by atoms with van der Waals surface area (Å²) in [6.07, 6.45) is 1.83. The highest BCUT2D eigenvalue weighted by molar-refractivity contribution is 14.1. The van der Waals surface area contributed by atoms with Crippen molar-refractivity contribution in [3.63, 3.8) is 0 Å². The first-order valence-electron chi connectivity index (χ1n) is 13.5. The lowest BCUT2D eigenvalue weighted by atomic mass is 9.96. The number of rotatable bonds is 9. The van der Waals surface area contributed by atoms with Crippen molar-refractivity contribution in [3.05, 3.63) is 121 Å². The zero-order chi connectivity index (χ0) is 30.7. The van der Waals surface area contributed by atoms with Crippen molar-refractivity contribution in [2.75, 3.05) is 13.2 Å². The summed E-state index contributed by atoms with van der Waals surface area (Å²) in [5, 5.41) is 0. The van der Waals surface area contributed by atoms with Gasteiger partial charge in [-0.15, -0.1) is 0 Å². The Morgan fingerprint density at radius 2 is 1.70 bits per heavy atom. The molecule has 0 spiro atoms. The molecular formula is C32H27Br2IN2O5S. The van der Waals surface area contributed by atoms with Crippen LogP contribution in [0.2, 0.25) is 0 Å². The highest BCUT2D eigenvalue weighted by atomic mass is 127. The van der Waals surface area contributed by atoms with Gasteiger partial charge in [0.1, 0.15) is 6.61 Å². The van der Waals surface area contributed by atoms with E-state index in [0.717, 1.165) is 29.2 Å². The lowest BCUT2D eigenvalue weighted by molar-refractivity contribution is -0.139. The first kappa shape index (κ1) is 31.7. The molecule has 2 heterocycles. The van der Waals surface area contributed by atoms with E-state index in [1.54, 1.807) is 18.4 Å². The number of fused-ring (bicyclic) bond motifs is 1. The number of esters is 1. The molecule has 11 heteroatoms. The fourth-order valence-electron chi connectivity index (χ4n) is 4.71. The van der Waals surface area contributed by atoms with Crippen LogP contribution in [0.4, 0.5) is 0 Å². The highest BCUT2D eigenvalue weighted by Crippen LogP contribution is 2.35. The first-order chi connectivity index (χ1) is 20.7. The molecule has 5 rings (SSSR count). The van der Waals surface area contributed by atoms with Crippen molar-refractivity contribution in [2.24, 2.45) is 4.99 Å². The van der Waals surface area contributed by atoms with Gasteiger partial charge in [-0.25, -0.2) is 9.79 Å². The molecule has 7 nitrogen and oxygen atoms in total. The Labute approximate surface area is 283 Å². The summed E-state index contributed by atoms with van der Waals surface area (Å²) in [5.41, 5.74) is 3.24. The Balaban J connectivity index is 1.58. The summed E-state index contributed by atoms with van der Waals surface area (Å²) in [4.78, 5) is 32.3. The maximum absolute atomic E-state index is 14.0. The number of aromatic nitrogens is 1. The van der Waals surface area contributed by atoms with Crippen LogP contribution in [0.3, 0.4) is 0 Å². The van der Waals surface area contributed by atoms with Crippen molar-refractivity contribution in [3.8, 4) is 11.5 Å². The van der Waals surface area contributed by atoms with Crippen molar-refractivity contribution < 1.29 is 19.0 Å². The molecule has 0 fully saturated rings. The minimum absolute atomic E-state index is 0.219. The molecule has 0 radical (unpaired) electrons. The Kier molecular flexibility index (Phi) is 10.3. The van der Waals surface area contributed by atoms with Crippen molar-refractivity contribution in [1.82, 2.24) is 4.57 Å². The van der Waals surface area contributed by atoms with Gasteiger partial charge in [0.05, 0.1) is 38.6 Å². The third-order valence-corrected chi connectivity index (χ3v) is 9.47. The van der Waals surface area contributed by atoms with E-state index in [1.165, 1.54) is 11.3 Å². The van der Waals surface area contributed by atoms with Crippen LogP contribution in [-0.4, -0.2) is 23.8 Å². The fraction of sp³-hybridized carbons (Fsp3) is 0.219. The second-order valence-corrected chi connectivity index (χ2v) is 13.5. The molecule has 0 N–H and O–H groups in total. The van der Waals surface area contributed by atoms with Crippen molar-refractivity contribution in [2.45, 2.75) is 33.4 Å². The van der Waals surface area contributed by atoms with Gasteiger partial charge in [-0.3, -0.25) is 9.36 Å². The predicted octanol–water partition coefficient (Wildman–Crippen LogP) is 6.91. The topological polar surface area (TPSA) is 79.1 Å². The van der Waals surface area contributed by atoms with Gasteiger partial charge in [0.15, 0.2) is 16.3 Å². The maximum Gasteiger partial charge on any atom is 0.338 e. The van der Waals surface area contributed by atoms with Gasteiger partial charge in [0.2, 0.25) is 0 Å². The van der Waals surface area contributed by atoms with Crippen LogP contribution in [0.1, 0.15) is 43.5 Å². The zero-order valence-electron chi connectivity index (χ0n) is 23.5. The lowest BCUT2D eigenvalue weighted by Gasteiger charge is -2.24. The number of benzene rings is 3. The van der Waals surface area contributed by atoms with E-state index in [4.69, 9.17) is 14.2 Å². The van der Waals surface area contributed by atoms with E-state index < -0.39 is 12.0 Å². The predicted molar refractivity (Wildman–Crippen MR) is 183 cm³/mol. The molecule has 1 atom stereocenters. The van der Waals surface area contributed by atoms with Crippen LogP contribution >= 0.6 is 65.8 Å². The molecule has 0 amide bonds. The molecule has 0 aliphatic carbocycles. The number of allylic oxidation sites excluding steroid dienone is 1. The molecule has 1 aliphatic rings. The van der Waals surface area contributed by atoms with Gasteiger partial charge >= 0.3 is 5.97 Å². The molecule has 222 valence electrons. The van der Waals surface area contributed by atoms with Crippen LogP contribution in [0, 0.1) is 3.57 Å². The number of hydrogen-bond donors (Lipinski definition) is 0. The quantitative estimate of drug-likeness (QED) is 0.136. The summed E-state index contributed by atoms with van der Waals surface area (Å²) < 4.78 is 22.4. The number of ether oxygens (including phenoxy) is 3. The van der Waals surface area contributed by atoms with E-state index in [-0.39, 0.29) is 12.2 Å². The maximum atomic E-state index is 14.0. The van der Waals surface area contributed by atoms with E-state index in [0.29, 0.717) is 45.3 Å². The second kappa shape index (κ2) is 13.9. The number of hydrogen-bond acceptors (Lipinski definition) is 7. The summed E-state index contributed by atoms with van der Waals surface area (Å²) >= 11 is 10.4. The second-order valence-electron chi connectivity index (χ2n) is 9.53. The minimum Gasteiger partial charge on any atom is -0.490 e. The SMILES string of the molecule is CCOC(=O)C1=C(C)N=c2s/c(=C\c3cc(I)c(OCc4ccc(Br)cc4)c(OCC)c3)c(=O)n2[C@@H]1c1ccc(Br)cc1. The summed E-state index contributed by atoms with van der Waals surface area (Å²) in [7, 11) is 0. The van der Waals surface area contributed by atoms with Crippen LogP contribution in [0.5, 0.6) is 11.5 Å². The molecule has 43 heavy (non-hydrogen) atoms. The van der Waals surface area contributed by atoms with Crippen LogP contribution in [0.15, 0.2) is 90.7 Å². The molecule has 1 aliphatic heterocycles. The van der Waals surface area contributed by atoms with E-state index in [1.807, 2.05) is 73.7 Å². The van der Waals surface area contributed by atoms with Crippen molar-refractivity contribution in [1.29, 1.82) is 0 Å². The smallest absolute Gasteiger partial charge is 0.338 e. The van der Waals surface area contributed by atoms with Gasteiger partial charge in [-0.2, -0.15) is 0 Å². The fourth-order valence-corrected chi connectivity index (χ4v) is 7.07. The van der Waals surface area contributed by atoms with Gasteiger partial charge < -0.3 is 14.2 Å². The van der Waals surface area contributed by atoms with Gasteiger partial charge in [-0.05, 0) is 103 Å². The third kappa shape index (κ3) is 7.00. The molecule has 0 bridgehead atoms. The number of nitrogens with zero attached hydrogens (tertiary/aromatic N) is 2. The summed E-state index contributed by atoms with van der Waals surface area (Å²) in [5.74, 6) is 0.758. The standard InChI is InChI=1S/C32H27Br2IN2O5S/c1-4-40-25-15-20(14-24(35)29(25)42-17-19-6-10-22(33)11-7-19)16-26-30(38)37-28(21-8-12-23(34)13-9-21)27(31(39)41-5-2)18(3)36-32(37)43-26/h6-16,28H,4-5,17H2,1-3H3/b26-16-/t28-/m1/s1. The van der Waals surface area contributed by atoms with Crippen LogP contribution in [0.25, 0.3) is 6.08 Å². The number of carbonyl (C=O) groups is 1. The number of halogens is 3. The number of carbonyl (C=O) groups excluding carboxylic acids is 1. The monoisotopic (exact) mass is 836 g/mol. The Bertz CT molecular complexity index is 1880.